The van der Waals surface area contributed by atoms with E-state index in [2.05, 4.69) is 54.2 Å². The van der Waals surface area contributed by atoms with Crippen molar-refractivity contribution in [2.45, 2.75) is 20.8 Å². The number of likely N-dealkylation sites (N-methyl/N-ethyl adjacent to an activating group) is 1. The van der Waals surface area contributed by atoms with Gasteiger partial charge in [0.25, 0.3) is 0 Å². The average molecular weight is 312 g/mol. The number of nitrogens with one attached hydrogen (secondary N) is 1. The van der Waals surface area contributed by atoms with Crippen molar-refractivity contribution in [1.82, 2.24) is 5.32 Å². The molecule has 0 spiro atoms. The van der Waals surface area contributed by atoms with Crippen LogP contribution in [0.1, 0.15) is 26.3 Å². The Morgan fingerprint density at radius 1 is 1.44 bits per heavy atom. The van der Waals surface area contributed by atoms with Gasteiger partial charge in [0.2, 0.25) is 0 Å². The van der Waals surface area contributed by atoms with Crippen molar-refractivity contribution in [2.24, 2.45) is 5.92 Å². The van der Waals surface area contributed by atoms with Gasteiger partial charge < -0.3 is 10.1 Å². The number of benzene rings is 1. The fourth-order valence-corrected chi connectivity index (χ4v) is 2.01. The highest BCUT2D eigenvalue weighted by molar-refractivity contribution is 9.10. The second kappa shape index (κ2) is 7.59. The predicted molar refractivity (Wildman–Crippen MR) is 82.1 cm³/mol. The van der Waals surface area contributed by atoms with Gasteiger partial charge in [0.05, 0.1) is 7.11 Å². The minimum absolute atomic E-state index is 0.530. The summed E-state index contributed by atoms with van der Waals surface area (Å²) in [4.78, 5) is 0. The van der Waals surface area contributed by atoms with Crippen molar-refractivity contribution in [3.05, 3.63) is 33.8 Å². The Morgan fingerprint density at radius 3 is 2.72 bits per heavy atom. The van der Waals surface area contributed by atoms with Gasteiger partial charge in [-0.05, 0) is 36.2 Å². The first kappa shape index (κ1) is 15.3. The van der Waals surface area contributed by atoms with Crippen molar-refractivity contribution < 1.29 is 4.74 Å². The highest BCUT2D eigenvalue weighted by Crippen LogP contribution is 2.26. The molecule has 0 aliphatic carbocycles. The smallest absolute Gasteiger partial charge is 0.119 e. The molecule has 0 amide bonds. The third kappa shape index (κ3) is 4.46. The number of ether oxygens (including phenoxy) is 1. The van der Waals surface area contributed by atoms with E-state index in [1.165, 1.54) is 5.57 Å². The molecule has 100 valence electrons. The van der Waals surface area contributed by atoms with E-state index in [-0.39, 0.29) is 0 Å². The molecule has 0 radical (unpaired) electrons. The van der Waals surface area contributed by atoms with Crippen LogP contribution < -0.4 is 10.1 Å². The van der Waals surface area contributed by atoms with Crippen LogP contribution in [0.25, 0.3) is 6.08 Å². The zero-order valence-corrected chi connectivity index (χ0v) is 13.2. The third-order valence-electron chi connectivity index (χ3n) is 2.86. The molecule has 3 heteroatoms. The second-order valence-electron chi connectivity index (χ2n) is 4.54. The first-order valence-electron chi connectivity index (χ1n) is 6.33. The van der Waals surface area contributed by atoms with Gasteiger partial charge in [0.15, 0.2) is 0 Å². The zero-order valence-electron chi connectivity index (χ0n) is 11.6. The van der Waals surface area contributed by atoms with E-state index in [9.17, 15) is 0 Å². The van der Waals surface area contributed by atoms with Gasteiger partial charge in [-0.1, -0.05) is 48.4 Å². The molecule has 0 saturated heterocycles. The summed E-state index contributed by atoms with van der Waals surface area (Å²) in [5, 5.41) is 3.38. The Kier molecular flexibility index (Phi) is 6.44. The van der Waals surface area contributed by atoms with Crippen molar-refractivity contribution in [3.63, 3.8) is 0 Å². The van der Waals surface area contributed by atoms with E-state index in [1.807, 2.05) is 12.1 Å². The lowest BCUT2D eigenvalue weighted by atomic mass is 10.00. The lowest BCUT2D eigenvalue weighted by Crippen LogP contribution is -2.18. The maximum absolute atomic E-state index is 5.27. The van der Waals surface area contributed by atoms with Crippen LogP contribution in [0.15, 0.2) is 28.2 Å². The summed E-state index contributed by atoms with van der Waals surface area (Å²) in [7, 11) is 1.69. The molecule has 0 unspecified atom stereocenters. The molecule has 0 bridgehead atoms. The summed E-state index contributed by atoms with van der Waals surface area (Å²) in [6.45, 7) is 8.48. The molecule has 18 heavy (non-hydrogen) atoms. The summed E-state index contributed by atoms with van der Waals surface area (Å²) in [6, 6.07) is 6.04. The largest absolute Gasteiger partial charge is 0.497 e. The van der Waals surface area contributed by atoms with E-state index in [1.54, 1.807) is 7.11 Å². The fraction of sp³-hybridized carbons (Fsp3) is 0.467. The normalized spacial score (nSPS) is 12.0. The molecule has 0 fully saturated rings. The number of methoxy groups -OCH3 is 1. The Labute approximate surface area is 119 Å². The molecular weight excluding hydrogens is 290 g/mol. The standard InChI is InChI=1S/C15H22BrNO/c1-5-17-10-13(11(2)3)8-12-9-14(18-4)6-7-15(12)16/h6-9,11,17H,5,10H2,1-4H3/b13-8-. The van der Waals surface area contributed by atoms with Gasteiger partial charge in [0, 0.05) is 11.0 Å². The van der Waals surface area contributed by atoms with Crippen LogP contribution in [0.4, 0.5) is 0 Å². The first-order chi connectivity index (χ1) is 8.58. The van der Waals surface area contributed by atoms with E-state index in [0.717, 1.165) is 28.9 Å². The Bertz CT molecular complexity index is 413. The molecule has 1 aromatic rings. The van der Waals surface area contributed by atoms with Crippen LogP contribution >= 0.6 is 15.9 Å². The molecule has 0 aliphatic heterocycles. The van der Waals surface area contributed by atoms with Crippen LogP contribution in [0.3, 0.4) is 0 Å². The Morgan fingerprint density at radius 2 is 2.17 bits per heavy atom. The lowest BCUT2D eigenvalue weighted by Gasteiger charge is -2.13. The molecule has 0 heterocycles. The minimum Gasteiger partial charge on any atom is -0.497 e. The van der Waals surface area contributed by atoms with E-state index in [4.69, 9.17) is 4.74 Å². The summed E-state index contributed by atoms with van der Waals surface area (Å²) in [5.41, 5.74) is 2.56. The molecule has 1 N–H and O–H groups in total. The molecule has 0 saturated carbocycles. The SMILES string of the molecule is CCNC/C(=C/c1cc(OC)ccc1Br)C(C)C. The summed E-state index contributed by atoms with van der Waals surface area (Å²) < 4.78 is 6.36. The molecule has 0 aliphatic rings. The molecule has 0 aromatic heterocycles. The molecule has 2 nitrogen and oxygen atoms in total. The van der Waals surface area contributed by atoms with Gasteiger partial charge in [-0.2, -0.15) is 0 Å². The Hall–Kier alpha value is -0.800. The first-order valence-corrected chi connectivity index (χ1v) is 7.12. The van der Waals surface area contributed by atoms with Gasteiger partial charge in [0.1, 0.15) is 5.75 Å². The van der Waals surface area contributed by atoms with Gasteiger partial charge in [-0.25, -0.2) is 0 Å². The topological polar surface area (TPSA) is 21.3 Å². The van der Waals surface area contributed by atoms with Crippen molar-refractivity contribution in [2.75, 3.05) is 20.2 Å². The van der Waals surface area contributed by atoms with E-state index >= 15 is 0 Å². The van der Waals surface area contributed by atoms with Crippen LogP contribution in [-0.2, 0) is 0 Å². The third-order valence-corrected chi connectivity index (χ3v) is 3.59. The Balaban J connectivity index is 3.02. The monoisotopic (exact) mass is 311 g/mol. The highest BCUT2D eigenvalue weighted by atomic mass is 79.9. The van der Waals surface area contributed by atoms with Crippen molar-refractivity contribution in [3.8, 4) is 5.75 Å². The number of hydrogen-bond acceptors (Lipinski definition) is 2. The molecule has 1 rings (SSSR count). The molecule has 1 aromatic carbocycles. The quantitative estimate of drug-likeness (QED) is 0.853. The lowest BCUT2D eigenvalue weighted by molar-refractivity contribution is 0.414. The molecular formula is C15H22BrNO. The van der Waals surface area contributed by atoms with Gasteiger partial charge in [-0.3, -0.25) is 0 Å². The predicted octanol–water partition coefficient (Wildman–Crippen LogP) is 4.11. The maximum Gasteiger partial charge on any atom is 0.119 e. The van der Waals surface area contributed by atoms with E-state index < -0.39 is 0 Å². The maximum atomic E-state index is 5.27. The second-order valence-corrected chi connectivity index (χ2v) is 5.40. The van der Waals surface area contributed by atoms with Crippen LogP contribution in [0, 0.1) is 5.92 Å². The zero-order chi connectivity index (χ0) is 13.5. The summed E-state index contributed by atoms with van der Waals surface area (Å²) in [5.74, 6) is 1.41. The molecule has 0 atom stereocenters. The average Bonchev–Trinajstić information content (AvgIpc) is 2.36. The van der Waals surface area contributed by atoms with Gasteiger partial charge in [-0.15, -0.1) is 0 Å². The van der Waals surface area contributed by atoms with Crippen molar-refractivity contribution >= 4 is 22.0 Å². The van der Waals surface area contributed by atoms with Gasteiger partial charge >= 0.3 is 0 Å². The van der Waals surface area contributed by atoms with Crippen LogP contribution in [0.2, 0.25) is 0 Å². The van der Waals surface area contributed by atoms with Crippen LogP contribution in [0.5, 0.6) is 5.75 Å². The minimum atomic E-state index is 0.530. The van der Waals surface area contributed by atoms with Crippen molar-refractivity contribution in [1.29, 1.82) is 0 Å². The number of halogens is 1. The van der Waals surface area contributed by atoms with Crippen LogP contribution in [-0.4, -0.2) is 20.2 Å². The number of rotatable bonds is 6. The number of hydrogen-bond donors (Lipinski definition) is 1. The van der Waals surface area contributed by atoms with E-state index in [0.29, 0.717) is 5.92 Å². The summed E-state index contributed by atoms with van der Waals surface area (Å²) >= 11 is 3.58. The highest BCUT2D eigenvalue weighted by Gasteiger charge is 2.06. The summed E-state index contributed by atoms with van der Waals surface area (Å²) in [6.07, 6.45) is 2.24. The fourth-order valence-electron chi connectivity index (χ4n) is 1.65.